The zero-order chi connectivity index (χ0) is 17.0. The molecule has 1 fully saturated rings. The van der Waals surface area contributed by atoms with E-state index in [1.54, 1.807) is 19.1 Å². The number of sulfonamides is 1. The Kier molecular flexibility index (Phi) is 3.33. The van der Waals surface area contributed by atoms with Crippen LogP contribution in [0.1, 0.15) is 18.9 Å². The molecule has 2 aliphatic rings. The second kappa shape index (κ2) is 4.89. The Morgan fingerprint density at radius 3 is 2.43 bits per heavy atom. The van der Waals surface area contributed by atoms with E-state index in [9.17, 15) is 18.0 Å². The average Bonchev–Trinajstić information content (AvgIpc) is 2.68. The maximum Gasteiger partial charge on any atom is 0.267 e. The minimum atomic E-state index is -4.02. The smallest absolute Gasteiger partial charge is 0.267 e. The molecule has 0 bridgehead atoms. The van der Waals surface area contributed by atoms with Crippen LogP contribution >= 0.6 is 0 Å². The molecule has 1 aromatic carbocycles. The van der Waals surface area contributed by atoms with E-state index >= 15 is 0 Å². The van der Waals surface area contributed by atoms with Gasteiger partial charge in [0.05, 0.1) is 10.4 Å². The van der Waals surface area contributed by atoms with Gasteiger partial charge >= 0.3 is 0 Å². The Morgan fingerprint density at radius 2 is 1.83 bits per heavy atom. The van der Waals surface area contributed by atoms with E-state index in [0.717, 1.165) is 9.87 Å². The van der Waals surface area contributed by atoms with E-state index in [0.29, 0.717) is 0 Å². The van der Waals surface area contributed by atoms with Gasteiger partial charge in [-0.2, -0.15) is 0 Å². The van der Waals surface area contributed by atoms with Gasteiger partial charge in [0, 0.05) is 17.9 Å². The molecule has 0 N–H and O–H groups in total. The molecule has 1 heterocycles. The fourth-order valence-electron chi connectivity index (χ4n) is 3.22. The number of hydrogen-bond acceptors (Lipinski definition) is 4. The minimum Gasteiger partial charge on any atom is -0.295 e. The molecule has 2 atom stereocenters. The number of ketones is 1. The van der Waals surface area contributed by atoms with E-state index in [2.05, 4.69) is 6.58 Å². The normalized spacial score (nSPS) is 27.5. The van der Waals surface area contributed by atoms with Gasteiger partial charge in [-0.1, -0.05) is 30.4 Å². The first-order chi connectivity index (χ1) is 10.7. The van der Waals surface area contributed by atoms with Crippen molar-refractivity contribution in [2.75, 3.05) is 0 Å². The van der Waals surface area contributed by atoms with Gasteiger partial charge in [-0.15, -0.1) is 0 Å². The molecular formula is C17H17NO4S. The van der Waals surface area contributed by atoms with Crippen LogP contribution in [0.25, 0.3) is 0 Å². The van der Waals surface area contributed by atoms with Crippen LogP contribution in [-0.4, -0.2) is 30.0 Å². The van der Waals surface area contributed by atoms with Crippen molar-refractivity contribution in [2.45, 2.75) is 30.7 Å². The molecule has 0 saturated carbocycles. The summed E-state index contributed by atoms with van der Waals surface area (Å²) in [7, 11) is -4.02. The number of aryl methyl sites for hydroxylation is 1. The fraction of sp³-hybridized carbons (Fsp3) is 0.294. The van der Waals surface area contributed by atoms with Crippen LogP contribution in [0.4, 0.5) is 0 Å². The average molecular weight is 331 g/mol. The number of nitrogens with zero attached hydrogens (tertiary/aromatic N) is 1. The standard InChI is InChI=1S/C17H17NO4S/c1-11-4-6-14(7-5-11)23(21,22)18-16(20)12(2)15-10-13(19)8-9-17(15,18)3/h4-9,15H,2,10H2,1,3H3/t15-,17-/m1/s1. The lowest BCUT2D eigenvalue weighted by atomic mass is 9.78. The van der Waals surface area contributed by atoms with Crippen molar-refractivity contribution < 1.29 is 18.0 Å². The second-order valence-electron chi connectivity index (χ2n) is 6.20. The molecule has 1 aromatic rings. The van der Waals surface area contributed by atoms with Gasteiger partial charge in [0.2, 0.25) is 0 Å². The van der Waals surface area contributed by atoms with Crippen molar-refractivity contribution in [3.63, 3.8) is 0 Å². The van der Waals surface area contributed by atoms with Crippen LogP contribution in [0.3, 0.4) is 0 Å². The molecule has 0 radical (unpaired) electrons. The lowest BCUT2D eigenvalue weighted by Crippen LogP contribution is -2.50. The van der Waals surface area contributed by atoms with Crippen LogP contribution in [-0.2, 0) is 19.6 Å². The first-order valence-electron chi connectivity index (χ1n) is 7.25. The molecule has 1 amide bonds. The van der Waals surface area contributed by atoms with E-state index in [4.69, 9.17) is 0 Å². The summed E-state index contributed by atoms with van der Waals surface area (Å²) in [6, 6.07) is 6.33. The third kappa shape index (κ3) is 2.16. The number of allylic oxidation sites excluding steroid dienone is 1. The summed E-state index contributed by atoms with van der Waals surface area (Å²) in [5, 5.41) is 0. The molecule has 1 saturated heterocycles. The van der Waals surface area contributed by atoms with Crippen LogP contribution in [0, 0.1) is 12.8 Å². The maximum absolute atomic E-state index is 13.0. The Morgan fingerprint density at radius 1 is 1.22 bits per heavy atom. The molecule has 23 heavy (non-hydrogen) atoms. The first-order valence-corrected chi connectivity index (χ1v) is 8.69. The summed E-state index contributed by atoms with van der Waals surface area (Å²) in [5.74, 6) is -1.29. The number of carbonyl (C=O) groups is 2. The molecule has 1 aliphatic heterocycles. The lowest BCUT2D eigenvalue weighted by Gasteiger charge is -2.37. The van der Waals surface area contributed by atoms with E-state index in [1.165, 1.54) is 24.3 Å². The molecule has 0 spiro atoms. The summed E-state index contributed by atoms with van der Waals surface area (Å²) >= 11 is 0. The summed E-state index contributed by atoms with van der Waals surface area (Å²) in [4.78, 5) is 24.3. The monoisotopic (exact) mass is 331 g/mol. The number of carbonyl (C=O) groups excluding carboxylic acids is 2. The van der Waals surface area contributed by atoms with Crippen LogP contribution < -0.4 is 0 Å². The van der Waals surface area contributed by atoms with Crippen LogP contribution in [0.5, 0.6) is 0 Å². The van der Waals surface area contributed by atoms with Gasteiger partial charge in [0.1, 0.15) is 0 Å². The highest BCUT2D eigenvalue weighted by atomic mass is 32.2. The van der Waals surface area contributed by atoms with Crippen molar-refractivity contribution in [3.8, 4) is 0 Å². The van der Waals surface area contributed by atoms with E-state index in [-0.39, 0.29) is 22.7 Å². The number of rotatable bonds is 2. The number of fused-ring (bicyclic) bond motifs is 1. The molecule has 6 heteroatoms. The molecule has 0 unspecified atom stereocenters. The Labute approximate surface area is 135 Å². The van der Waals surface area contributed by atoms with Gasteiger partial charge in [-0.25, -0.2) is 12.7 Å². The van der Waals surface area contributed by atoms with Gasteiger partial charge in [0.25, 0.3) is 15.9 Å². The largest absolute Gasteiger partial charge is 0.295 e. The van der Waals surface area contributed by atoms with Crippen LogP contribution in [0.15, 0.2) is 53.5 Å². The highest BCUT2D eigenvalue weighted by Gasteiger charge is 2.57. The third-order valence-electron chi connectivity index (χ3n) is 4.59. The topological polar surface area (TPSA) is 71.5 Å². The Bertz CT molecular complexity index is 851. The van der Waals surface area contributed by atoms with Crippen molar-refractivity contribution in [1.29, 1.82) is 0 Å². The number of benzene rings is 1. The lowest BCUT2D eigenvalue weighted by molar-refractivity contribution is -0.122. The minimum absolute atomic E-state index is 0.0522. The molecule has 120 valence electrons. The third-order valence-corrected chi connectivity index (χ3v) is 6.50. The Hall–Kier alpha value is -2.21. The van der Waals surface area contributed by atoms with Gasteiger partial charge in [-0.3, -0.25) is 9.59 Å². The number of amides is 1. The molecule has 0 aromatic heterocycles. The second-order valence-corrected chi connectivity index (χ2v) is 7.98. The first kappa shape index (κ1) is 15.7. The Balaban J connectivity index is 2.16. The summed E-state index contributed by atoms with van der Waals surface area (Å²) in [5.41, 5.74) is 0.000419. The zero-order valence-corrected chi connectivity index (χ0v) is 13.8. The van der Waals surface area contributed by atoms with Crippen molar-refractivity contribution in [2.24, 2.45) is 5.92 Å². The summed E-state index contributed by atoms with van der Waals surface area (Å²) < 4.78 is 26.9. The maximum atomic E-state index is 13.0. The fourth-order valence-corrected chi connectivity index (χ4v) is 4.95. The van der Waals surface area contributed by atoms with Crippen LogP contribution in [0.2, 0.25) is 0 Å². The van der Waals surface area contributed by atoms with Crippen molar-refractivity contribution in [3.05, 3.63) is 54.1 Å². The van der Waals surface area contributed by atoms with E-state index in [1.807, 2.05) is 6.92 Å². The van der Waals surface area contributed by atoms with E-state index < -0.39 is 27.4 Å². The van der Waals surface area contributed by atoms with Crippen molar-refractivity contribution in [1.82, 2.24) is 4.31 Å². The molecule has 5 nitrogen and oxygen atoms in total. The van der Waals surface area contributed by atoms with Gasteiger partial charge < -0.3 is 0 Å². The predicted octanol–water partition coefficient (Wildman–Crippen LogP) is 1.99. The highest BCUT2D eigenvalue weighted by Crippen LogP contribution is 2.46. The van der Waals surface area contributed by atoms with Gasteiger partial charge in [-0.05, 0) is 32.1 Å². The molecular weight excluding hydrogens is 314 g/mol. The zero-order valence-electron chi connectivity index (χ0n) is 12.9. The van der Waals surface area contributed by atoms with Crippen molar-refractivity contribution >= 4 is 21.7 Å². The quantitative estimate of drug-likeness (QED) is 0.777. The molecule has 1 aliphatic carbocycles. The predicted molar refractivity (Wildman–Crippen MR) is 85.0 cm³/mol. The summed E-state index contributed by atoms with van der Waals surface area (Å²) in [6.45, 7) is 7.24. The highest BCUT2D eigenvalue weighted by molar-refractivity contribution is 7.89. The van der Waals surface area contributed by atoms with Gasteiger partial charge in [0.15, 0.2) is 5.78 Å². The summed E-state index contributed by atoms with van der Waals surface area (Å²) in [6.07, 6.45) is 2.95. The molecule has 3 rings (SSSR count). The SMILES string of the molecule is C=C1C(=O)N(S(=O)(=O)c2ccc(C)cc2)[C@]2(C)C=CC(=O)C[C@H]12. The number of hydrogen-bond donors (Lipinski definition) is 0.